The lowest BCUT2D eigenvalue weighted by atomic mass is 10.0. The van der Waals surface area contributed by atoms with Crippen LogP contribution in [0.1, 0.15) is 33.1 Å². The summed E-state index contributed by atoms with van der Waals surface area (Å²) >= 11 is 0. The quantitative estimate of drug-likeness (QED) is 0.633. The van der Waals surface area contributed by atoms with E-state index in [4.69, 9.17) is 9.84 Å². The second-order valence-electron chi connectivity index (χ2n) is 6.67. The van der Waals surface area contributed by atoms with E-state index in [0.717, 1.165) is 12.8 Å². The van der Waals surface area contributed by atoms with Crippen molar-refractivity contribution in [1.29, 1.82) is 0 Å². The van der Waals surface area contributed by atoms with Gasteiger partial charge in [-0.25, -0.2) is 4.79 Å². The molecule has 0 aliphatic heterocycles. The number of hydrogen-bond donors (Lipinski definition) is 3. The summed E-state index contributed by atoms with van der Waals surface area (Å²) in [4.78, 5) is 34.8. The molecule has 0 radical (unpaired) electrons. The number of carboxylic acids is 1. The van der Waals surface area contributed by atoms with Gasteiger partial charge in [-0.3, -0.25) is 9.59 Å². The normalized spacial score (nSPS) is 14.7. The molecule has 0 bridgehead atoms. The van der Waals surface area contributed by atoms with E-state index < -0.39 is 17.9 Å². The molecule has 1 saturated carbocycles. The third-order valence-electron chi connectivity index (χ3n) is 3.76. The Kier molecular flexibility index (Phi) is 6.38. The lowest BCUT2D eigenvalue weighted by Crippen LogP contribution is -2.43. The van der Waals surface area contributed by atoms with Gasteiger partial charge in [0, 0.05) is 17.7 Å². The van der Waals surface area contributed by atoms with Gasteiger partial charge in [0.1, 0.15) is 11.8 Å². The van der Waals surface area contributed by atoms with Gasteiger partial charge in [0.2, 0.25) is 5.91 Å². The SMILES string of the molecule is CC(C)C[C@@H](NC(=O)COc1cccc(NC(=O)C2CC2)c1)C(=O)O. The average Bonchev–Trinajstić information content (AvgIpc) is 3.37. The second-order valence-corrected chi connectivity index (χ2v) is 6.67. The number of carbonyl (C=O) groups excluding carboxylic acids is 2. The van der Waals surface area contributed by atoms with Gasteiger partial charge in [-0.05, 0) is 37.3 Å². The van der Waals surface area contributed by atoms with Gasteiger partial charge < -0.3 is 20.5 Å². The molecule has 1 aliphatic carbocycles. The number of rotatable bonds is 9. The predicted molar refractivity (Wildman–Crippen MR) is 92.3 cm³/mol. The standard InChI is InChI=1S/C18H24N2O5/c1-11(2)8-15(18(23)24)20-16(21)10-25-14-5-3-4-13(9-14)19-17(22)12-6-7-12/h3-5,9,11-12,15H,6-8,10H2,1-2H3,(H,19,22)(H,20,21)(H,23,24)/t15-/m1/s1. The molecular formula is C18H24N2O5. The van der Waals surface area contributed by atoms with Crippen molar-refractivity contribution in [1.82, 2.24) is 5.32 Å². The summed E-state index contributed by atoms with van der Waals surface area (Å²) in [5.41, 5.74) is 0.609. The topological polar surface area (TPSA) is 105 Å². The molecule has 0 unspecified atom stereocenters. The van der Waals surface area contributed by atoms with Crippen LogP contribution in [-0.2, 0) is 14.4 Å². The van der Waals surface area contributed by atoms with Gasteiger partial charge in [-0.15, -0.1) is 0 Å². The Balaban J connectivity index is 1.84. The molecule has 1 aromatic carbocycles. The van der Waals surface area contributed by atoms with E-state index in [1.165, 1.54) is 0 Å². The molecule has 0 saturated heterocycles. The van der Waals surface area contributed by atoms with Crippen LogP contribution in [0.15, 0.2) is 24.3 Å². The van der Waals surface area contributed by atoms with Gasteiger partial charge in [-0.2, -0.15) is 0 Å². The van der Waals surface area contributed by atoms with E-state index in [9.17, 15) is 14.4 Å². The Hall–Kier alpha value is -2.57. The third kappa shape index (κ3) is 6.45. The third-order valence-corrected chi connectivity index (χ3v) is 3.76. The molecule has 1 atom stereocenters. The number of amides is 2. The molecule has 1 aromatic rings. The van der Waals surface area contributed by atoms with Gasteiger partial charge >= 0.3 is 5.97 Å². The molecule has 7 heteroatoms. The maximum atomic E-state index is 11.9. The van der Waals surface area contributed by atoms with Crippen molar-refractivity contribution in [2.24, 2.45) is 11.8 Å². The van der Waals surface area contributed by atoms with Crippen molar-refractivity contribution in [2.75, 3.05) is 11.9 Å². The number of hydrogen-bond acceptors (Lipinski definition) is 4. The smallest absolute Gasteiger partial charge is 0.326 e. The van der Waals surface area contributed by atoms with Crippen molar-refractivity contribution < 1.29 is 24.2 Å². The molecule has 0 spiro atoms. The minimum absolute atomic E-state index is 0.00659. The van der Waals surface area contributed by atoms with Crippen molar-refractivity contribution in [3.63, 3.8) is 0 Å². The van der Waals surface area contributed by atoms with Crippen LogP contribution < -0.4 is 15.4 Å². The Labute approximate surface area is 146 Å². The van der Waals surface area contributed by atoms with E-state index in [0.29, 0.717) is 17.9 Å². The molecule has 0 aromatic heterocycles. The largest absolute Gasteiger partial charge is 0.484 e. The number of carboxylic acid groups (broad SMARTS) is 1. The number of carbonyl (C=O) groups is 3. The summed E-state index contributed by atoms with van der Waals surface area (Å²) in [5, 5.41) is 14.4. The maximum absolute atomic E-state index is 11.9. The number of nitrogens with one attached hydrogen (secondary N) is 2. The molecule has 2 amide bonds. The van der Waals surface area contributed by atoms with Crippen LogP contribution in [0.3, 0.4) is 0 Å². The summed E-state index contributed by atoms with van der Waals surface area (Å²) in [6, 6.07) is 5.84. The van der Waals surface area contributed by atoms with Gasteiger partial charge in [-0.1, -0.05) is 19.9 Å². The van der Waals surface area contributed by atoms with Crippen LogP contribution in [-0.4, -0.2) is 35.5 Å². The first kappa shape index (κ1) is 18.8. The predicted octanol–water partition coefficient (Wildman–Crippen LogP) is 2.03. The lowest BCUT2D eigenvalue weighted by Gasteiger charge is -2.16. The number of ether oxygens (including phenoxy) is 1. The number of anilines is 1. The summed E-state index contributed by atoms with van der Waals surface area (Å²) in [6.45, 7) is 3.49. The van der Waals surface area contributed by atoms with E-state index >= 15 is 0 Å². The Morgan fingerprint density at radius 2 is 2.00 bits per heavy atom. The molecular weight excluding hydrogens is 324 g/mol. The summed E-state index contributed by atoms with van der Waals surface area (Å²) < 4.78 is 5.40. The van der Waals surface area contributed by atoms with Crippen LogP contribution in [0.2, 0.25) is 0 Å². The minimum Gasteiger partial charge on any atom is -0.484 e. The highest BCUT2D eigenvalue weighted by atomic mass is 16.5. The van der Waals surface area contributed by atoms with E-state index in [1.807, 2.05) is 13.8 Å². The van der Waals surface area contributed by atoms with Gasteiger partial charge in [0.15, 0.2) is 6.61 Å². The Morgan fingerprint density at radius 1 is 1.28 bits per heavy atom. The van der Waals surface area contributed by atoms with Crippen LogP contribution in [0.4, 0.5) is 5.69 Å². The highest BCUT2D eigenvalue weighted by Crippen LogP contribution is 2.30. The van der Waals surface area contributed by atoms with Gasteiger partial charge in [0.25, 0.3) is 5.91 Å². The molecule has 1 fully saturated rings. The van der Waals surface area contributed by atoms with Crippen molar-refractivity contribution in [3.8, 4) is 5.75 Å². The number of aliphatic carboxylic acids is 1. The Morgan fingerprint density at radius 3 is 2.60 bits per heavy atom. The molecule has 2 rings (SSSR count). The fourth-order valence-corrected chi connectivity index (χ4v) is 2.33. The Bertz CT molecular complexity index is 640. The lowest BCUT2D eigenvalue weighted by molar-refractivity contribution is -0.142. The van der Waals surface area contributed by atoms with E-state index in [2.05, 4.69) is 10.6 Å². The fourth-order valence-electron chi connectivity index (χ4n) is 2.33. The molecule has 3 N–H and O–H groups in total. The monoisotopic (exact) mass is 348 g/mol. The summed E-state index contributed by atoms with van der Waals surface area (Å²) in [5.74, 6) is -0.891. The molecule has 0 heterocycles. The zero-order chi connectivity index (χ0) is 18.4. The maximum Gasteiger partial charge on any atom is 0.326 e. The van der Waals surface area contributed by atoms with Gasteiger partial charge in [0.05, 0.1) is 0 Å². The second kappa shape index (κ2) is 8.50. The fraction of sp³-hybridized carbons (Fsp3) is 0.500. The van der Waals surface area contributed by atoms with E-state index in [-0.39, 0.29) is 24.3 Å². The van der Waals surface area contributed by atoms with Crippen LogP contribution in [0.25, 0.3) is 0 Å². The molecule has 1 aliphatic rings. The summed E-state index contributed by atoms with van der Waals surface area (Å²) in [7, 11) is 0. The van der Waals surface area contributed by atoms with Crippen molar-refractivity contribution >= 4 is 23.5 Å². The van der Waals surface area contributed by atoms with E-state index in [1.54, 1.807) is 24.3 Å². The van der Waals surface area contributed by atoms with Crippen LogP contribution in [0.5, 0.6) is 5.75 Å². The zero-order valence-corrected chi connectivity index (χ0v) is 14.5. The highest BCUT2D eigenvalue weighted by Gasteiger charge is 2.29. The first-order chi connectivity index (χ1) is 11.8. The van der Waals surface area contributed by atoms with Crippen LogP contribution in [0, 0.1) is 11.8 Å². The van der Waals surface area contributed by atoms with Crippen molar-refractivity contribution in [2.45, 2.75) is 39.2 Å². The average molecular weight is 348 g/mol. The molecule has 25 heavy (non-hydrogen) atoms. The number of benzene rings is 1. The first-order valence-corrected chi connectivity index (χ1v) is 8.41. The zero-order valence-electron chi connectivity index (χ0n) is 14.5. The first-order valence-electron chi connectivity index (χ1n) is 8.41. The van der Waals surface area contributed by atoms with Crippen LogP contribution >= 0.6 is 0 Å². The van der Waals surface area contributed by atoms with Crippen molar-refractivity contribution in [3.05, 3.63) is 24.3 Å². The minimum atomic E-state index is -1.06. The summed E-state index contributed by atoms with van der Waals surface area (Å²) in [6.07, 6.45) is 2.19. The molecule has 136 valence electrons. The highest BCUT2D eigenvalue weighted by molar-refractivity contribution is 5.94. The molecule has 7 nitrogen and oxygen atoms in total.